The fourth-order valence-electron chi connectivity index (χ4n) is 4.80. The Kier molecular flexibility index (Phi) is 22.5. The highest BCUT2D eigenvalue weighted by Crippen LogP contribution is 2.38. The van der Waals surface area contributed by atoms with Crippen LogP contribution in [0.1, 0.15) is 83.9 Å². The van der Waals surface area contributed by atoms with E-state index >= 15 is 0 Å². The van der Waals surface area contributed by atoms with Gasteiger partial charge >= 0.3 is 6.09 Å². The molecule has 2 heterocycles. The highest BCUT2D eigenvalue weighted by Gasteiger charge is 2.39. The Morgan fingerprint density at radius 3 is 1.91 bits per heavy atom. The predicted molar refractivity (Wildman–Crippen MR) is 219 cm³/mol. The second kappa shape index (κ2) is 24.9. The smallest absolute Gasteiger partial charge is 0.410 e. The van der Waals surface area contributed by atoms with Gasteiger partial charge in [0.05, 0.1) is 19.9 Å². The van der Waals surface area contributed by atoms with Crippen LogP contribution >= 0.6 is 0 Å². The molecule has 0 spiro atoms. The summed E-state index contributed by atoms with van der Waals surface area (Å²) in [7, 11) is 3.30. The zero-order chi connectivity index (χ0) is 40.1. The van der Waals surface area contributed by atoms with Crippen molar-refractivity contribution in [2.24, 2.45) is 29.2 Å². The van der Waals surface area contributed by atoms with Gasteiger partial charge in [-0.1, -0.05) is 65.3 Å². The molecule has 0 unspecified atom stereocenters. The monoisotopic (exact) mass is 754 g/mol. The Balaban J connectivity index is -0.000000687. The summed E-state index contributed by atoms with van der Waals surface area (Å²) < 4.78 is 15.8. The number of methoxy groups -OCH3 is 2. The van der Waals surface area contributed by atoms with E-state index in [1.165, 1.54) is 17.7 Å². The van der Waals surface area contributed by atoms with Crippen molar-refractivity contribution in [3.8, 4) is 22.9 Å². The molecule has 3 fully saturated rings. The number of benzene rings is 2. The molecule has 2 aromatic carbocycles. The molecule has 12 nitrogen and oxygen atoms in total. The van der Waals surface area contributed by atoms with Gasteiger partial charge < -0.3 is 25.7 Å². The second-order valence-corrected chi connectivity index (χ2v) is 13.3. The van der Waals surface area contributed by atoms with Crippen LogP contribution in [0.2, 0.25) is 0 Å². The summed E-state index contributed by atoms with van der Waals surface area (Å²) in [5.74, 6) is 2.41. The lowest BCUT2D eigenvalue weighted by atomic mass is 10.1. The van der Waals surface area contributed by atoms with Crippen LogP contribution in [0.25, 0.3) is 22.0 Å². The van der Waals surface area contributed by atoms with Crippen molar-refractivity contribution in [3.05, 3.63) is 67.3 Å². The molecule has 3 amide bonds. The number of amides is 3. The van der Waals surface area contributed by atoms with Gasteiger partial charge in [-0.25, -0.2) is 9.78 Å². The molecule has 1 aromatic heterocycles. The first-order valence-electron chi connectivity index (χ1n) is 17.9. The van der Waals surface area contributed by atoms with Crippen LogP contribution in [0.3, 0.4) is 0 Å². The van der Waals surface area contributed by atoms with Crippen LogP contribution in [-0.2, 0) is 23.9 Å². The number of primary amides is 2. The highest BCUT2D eigenvalue weighted by molar-refractivity contribution is 6.09. The van der Waals surface area contributed by atoms with Crippen LogP contribution in [0.5, 0.6) is 11.6 Å². The van der Waals surface area contributed by atoms with E-state index in [9.17, 15) is 14.4 Å². The minimum Gasteiger partial charge on any atom is -0.497 e. The summed E-state index contributed by atoms with van der Waals surface area (Å²) in [6.07, 6.45) is 7.04. The number of likely N-dealkylation sites (tertiary alicyclic amines) is 1. The zero-order valence-electron chi connectivity index (χ0n) is 32.5. The summed E-state index contributed by atoms with van der Waals surface area (Å²) >= 11 is 0. The van der Waals surface area contributed by atoms with E-state index in [0.717, 1.165) is 46.5 Å². The summed E-state index contributed by atoms with van der Waals surface area (Å²) in [5, 5.41) is 2.14. The van der Waals surface area contributed by atoms with Gasteiger partial charge in [0.1, 0.15) is 17.4 Å². The number of ether oxygens (including phenoxy) is 3. The van der Waals surface area contributed by atoms with Gasteiger partial charge in [0.15, 0.2) is 12.6 Å². The first-order chi connectivity index (χ1) is 25.2. The summed E-state index contributed by atoms with van der Waals surface area (Å²) in [6, 6.07) is 17.5. The molecule has 1 saturated heterocycles. The van der Waals surface area contributed by atoms with Gasteiger partial charge in [0.25, 0.3) is 0 Å². The summed E-state index contributed by atoms with van der Waals surface area (Å²) in [4.78, 5) is 56.6. The SMILES string of the molecule is C.C=C[C@@H]1C[C@@H]1C(N)=O.CC.CC(C)(C)OC(=O)N1CCC[C@H]1C(N)=O.CC1CC1.COc1ccc(-c2cc3ccccc3c(OC)n2)cc1.O=CC=O.[HH].[HH]. The van der Waals surface area contributed by atoms with Crippen LogP contribution < -0.4 is 20.9 Å². The lowest BCUT2D eigenvalue weighted by molar-refractivity contribution is -0.122. The van der Waals surface area contributed by atoms with Crippen molar-refractivity contribution < 1.29 is 41.0 Å². The minimum absolute atomic E-state index is 0. The van der Waals surface area contributed by atoms with E-state index < -0.39 is 23.6 Å². The van der Waals surface area contributed by atoms with Crippen LogP contribution in [-0.4, -0.2) is 72.8 Å². The van der Waals surface area contributed by atoms with E-state index in [1.54, 1.807) is 41.1 Å². The molecule has 6 rings (SSSR count). The molecule has 4 N–H and O–H groups in total. The number of nitrogens with two attached hydrogens (primary N) is 2. The molecule has 54 heavy (non-hydrogen) atoms. The van der Waals surface area contributed by atoms with Crippen molar-refractivity contribution in [2.75, 3.05) is 20.8 Å². The third-order valence-electron chi connectivity index (χ3n) is 7.92. The van der Waals surface area contributed by atoms with Gasteiger partial charge in [-0.3, -0.25) is 24.1 Å². The topological polar surface area (TPSA) is 181 Å². The number of carbonyl (C=O) groups is 5. The van der Waals surface area contributed by atoms with Crippen molar-refractivity contribution in [2.45, 2.75) is 92.7 Å². The number of allylic oxidation sites excluding steroid dienone is 1. The maximum atomic E-state index is 11.7. The Hall–Kier alpha value is -5.26. The van der Waals surface area contributed by atoms with Gasteiger partial charge in [-0.15, -0.1) is 6.58 Å². The van der Waals surface area contributed by atoms with E-state index in [4.69, 9.17) is 35.3 Å². The van der Waals surface area contributed by atoms with E-state index in [0.29, 0.717) is 24.8 Å². The molecule has 0 bridgehead atoms. The average Bonchev–Trinajstić information content (AvgIpc) is 4.08. The van der Waals surface area contributed by atoms with Crippen LogP contribution in [0, 0.1) is 17.8 Å². The van der Waals surface area contributed by atoms with Gasteiger partial charge in [-0.05, 0) is 93.7 Å². The molecule has 3 aliphatic rings. The number of nitrogens with zero attached hydrogens (tertiary/aromatic N) is 2. The number of rotatable bonds is 7. The Bertz CT molecular complexity index is 1620. The Morgan fingerprint density at radius 2 is 1.50 bits per heavy atom. The number of fused-ring (bicyclic) bond motifs is 1. The number of aldehydes is 2. The van der Waals surface area contributed by atoms with Crippen LogP contribution in [0.4, 0.5) is 4.79 Å². The first kappa shape index (κ1) is 48.7. The molecule has 3 atom stereocenters. The average molecular weight is 755 g/mol. The van der Waals surface area contributed by atoms with E-state index in [1.807, 2.05) is 56.3 Å². The van der Waals surface area contributed by atoms with E-state index in [2.05, 4.69) is 30.6 Å². The second-order valence-electron chi connectivity index (χ2n) is 13.3. The maximum Gasteiger partial charge on any atom is 0.410 e. The lowest BCUT2D eigenvalue weighted by Crippen LogP contribution is -2.45. The molecular weight excluding hydrogens is 688 g/mol. The van der Waals surface area contributed by atoms with Crippen molar-refractivity contribution >= 4 is 41.3 Å². The van der Waals surface area contributed by atoms with Gasteiger partial charge in [0, 0.05) is 26.3 Å². The third kappa shape index (κ3) is 17.5. The molecule has 2 aliphatic carbocycles. The number of carbonyl (C=O) groups excluding carboxylic acids is 5. The number of pyridine rings is 1. The molecule has 1 aliphatic heterocycles. The number of hydrogen-bond donors (Lipinski definition) is 2. The van der Waals surface area contributed by atoms with Gasteiger partial charge in [-0.2, -0.15) is 0 Å². The predicted octanol–water partition coefficient (Wildman–Crippen LogP) is 8.04. The molecular formula is C42H66N4O8. The molecule has 302 valence electrons. The Labute approximate surface area is 324 Å². The molecule has 12 heteroatoms. The van der Waals surface area contributed by atoms with E-state index in [-0.39, 0.29) is 34.7 Å². The summed E-state index contributed by atoms with van der Waals surface area (Å²) in [5.41, 5.74) is 11.6. The van der Waals surface area contributed by atoms with Crippen molar-refractivity contribution in [3.63, 3.8) is 0 Å². The lowest BCUT2D eigenvalue weighted by Gasteiger charge is -2.27. The fourth-order valence-corrected chi connectivity index (χ4v) is 4.80. The first-order valence-corrected chi connectivity index (χ1v) is 17.9. The maximum absolute atomic E-state index is 11.7. The third-order valence-corrected chi connectivity index (χ3v) is 7.92. The molecule has 2 saturated carbocycles. The zero-order valence-corrected chi connectivity index (χ0v) is 32.5. The number of hydrogen-bond acceptors (Lipinski definition) is 9. The highest BCUT2D eigenvalue weighted by atomic mass is 16.6. The number of aromatic nitrogens is 1. The standard InChI is InChI=1S/C17H15NO2.C10H18N2O3.C6H9NO.C4H8.C2H2O2.C2H6.CH4.2H2/c1-19-14-9-7-12(8-10-14)16-11-13-5-3-4-6-15(13)17(18-16)20-2;1-10(2,3)15-9(14)12-6-4-5-7(12)8(11)13;1-2-4-3-5(4)6(7)8;1-4-2-3-4;3-1-2-4;1-2;;;/h3-11H,1-2H3;7H,4-6H2,1-3H3,(H2,11,13);2,4-5H,1,3H2,(H2,7,8);4H,2-3H2,1H3;1-2H;1-2H3;1H4;2*1H/t;7-;4-,5+;;;;;;/m.01....../s1. The minimum atomic E-state index is -0.540. The normalized spacial score (nSPS) is 17.3. The van der Waals surface area contributed by atoms with Crippen molar-refractivity contribution in [1.29, 1.82) is 0 Å². The van der Waals surface area contributed by atoms with Crippen LogP contribution in [0.15, 0.2) is 67.3 Å². The summed E-state index contributed by atoms with van der Waals surface area (Å²) in [6.45, 7) is 15.7. The van der Waals surface area contributed by atoms with Crippen molar-refractivity contribution in [1.82, 2.24) is 9.88 Å². The largest absolute Gasteiger partial charge is 0.497 e. The Morgan fingerprint density at radius 1 is 0.926 bits per heavy atom. The quantitative estimate of drug-likeness (QED) is 0.137. The molecule has 0 radical (unpaired) electrons. The molecule has 3 aromatic rings. The van der Waals surface area contributed by atoms with Gasteiger partial charge in [0.2, 0.25) is 17.7 Å². The fraction of sp³-hybridized carbons (Fsp3) is 0.476.